The minimum absolute atomic E-state index is 0.0497. The molecule has 0 fully saturated rings. The zero-order valence-corrected chi connectivity index (χ0v) is 16.0. The molecule has 1 aromatic carbocycles. The van der Waals surface area contributed by atoms with Gasteiger partial charge >= 0.3 is 0 Å². The van der Waals surface area contributed by atoms with Gasteiger partial charge in [-0.2, -0.15) is 0 Å². The normalized spacial score (nSPS) is 13.3. The second-order valence-electron chi connectivity index (χ2n) is 7.59. The molecular weight excluding hydrogens is 330 g/mol. The Morgan fingerprint density at radius 1 is 1.27 bits per heavy atom. The zero-order chi connectivity index (χ0) is 18.9. The molecule has 3 aromatic rings. The van der Waals surface area contributed by atoms with Crippen molar-refractivity contribution in [3.8, 4) is 11.5 Å². The van der Waals surface area contributed by atoms with Gasteiger partial charge in [0.2, 0.25) is 0 Å². The standard InChI is InChI=1S/C20H27N3O3/c1-12-19(26-11-13(24)9-22-20(2,3)4)18-15-8-14(25-5)6-7-16(15)23-17(18)10-21-12/h6-8,10,13,22-24H,9,11H2,1-5H3. The Morgan fingerprint density at radius 2 is 2.04 bits per heavy atom. The minimum atomic E-state index is -0.608. The van der Waals surface area contributed by atoms with Crippen LogP contribution in [0.15, 0.2) is 24.4 Å². The third-order valence-electron chi connectivity index (χ3n) is 4.27. The summed E-state index contributed by atoms with van der Waals surface area (Å²) < 4.78 is 11.4. The number of ether oxygens (including phenoxy) is 2. The Balaban J connectivity index is 1.90. The van der Waals surface area contributed by atoms with Gasteiger partial charge in [-0.3, -0.25) is 4.98 Å². The Morgan fingerprint density at radius 3 is 2.73 bits per heavy atom. The maximum Gasteiger partial charge on any atom is 0.150 e. The first-order chi connectivity index (χ1) is 12.3. The molecule has 1 unspecified atom stereocenters. The highest BCUT2D eigenvalue weighted by atomic mass is 16.5. The Bertz CT molecular complexity index is 912. The lowest BCUT2D eigenvalue weighted by atomic mass is 10.1. The van der Waals surface area contributed by atoms with E-state index in [1.807, 2.05) is 31.3 Å². The topological polar surface area (TPSA) is 79.4 Å². The van der Waals surface area contributed by atoms with E-state index in [9.17, 15) is 5.11 Å². The van der Waals surface area contributed by atoms with E-state index in [2.05, 4.69) is 36.1 Å². The Labute approximate surface area is 153 Å². The first-order valence-corrected chi connectivity index (χ1v) is 8.79. The van der Waals surface area contributed by atoms with E-state index in [0.29, 0.717) is 12.3 Å². The van der Waals surface area contributed by atoms with Gasteiger partial charge in [0, 0.05) is 23.0 Å². The van der Waals surface area contributed by atoms with E-state index in [4.69, 9.17) is 9.47 Å². The Kier molecular flexibility index (Phi) is 5.07. The fraction of sp³-hybridized carbons (Fsp3) is 0.450. The zero-order valence-electron chi connectivity index (χ0n) is 16.0. The van der Waals surface area contributed by atoms with E-state index in [0.717, 1.165) is 33.2 Å². The van der Waals surface area contributed by atoms with Crippen LogP contribution in [0.3, 0.4) is 0 Å². The van der Waals surface area contributed by atoms with E-state index in [1.165, 1.54) is 0 Å². The maximum absolute atomic E-state index is 10.2. The molecule has 0 aliphatic heterocycles. The minimum Gasteiger partial charge on any atom is -0.497 e. The number of methoxy groups -OCH3 is 1. The van der Waals surface area contributed by atoms with E-state index in [1.54, 1.807) is 7.11 Å². The van der Waals surface area contributed by atoms with Crippen molar-refractivity contribution in [2.24, 2.45) is 0 Å². The molecule has 140 valence electrons. The van der Waals surface area contributed by atoms with Crippen molar-refractivity contribution in [3.63, 3.8) is 0 Å². The predicted molar refractivity (Wildman–Crippen MR) is 104 cm³/mol. The van der Waals surface area contributed by atoms with Crippen molar-refractivity contribution in [1.29, 1.82) is 0 Å². The van der Waals surface area contributed by atoms with Crippen molar-refractivity contribution in [2.75, 3.05) is 20.3 Å². The maximum atomic E-state index is 10.2. The first-order valence-electron chi connectivity index (χ1n) is 8.79. The number of hydrogen-bond donors (Lipinski definition) is 3. The molecule has 3 N–H and O–H groups in total. The molecule has 0 aliphatic rings. The Hall–Kier alpha value is -2.31. The summed E-state index contributed by atoms with van der Waals surface area (Å²) in [6.45, 7) is 8.76. The molecule has 6 heteroatoms. The molecule has 0 radical (unpaired) electrons. The van der Waals surface area contributed by atoms with Crippen LogP contribution in [0, 0.1) is 6.92 Å². The van der Waals surface area contributed by atoms with Crippen LogP contribution < -0.4 is 14.8 Å². The SMILES string of the molecule is COc1ccc2[nH]c3cnc(C)c(OCC(O)CNC(C)(C)C)c3c2c1. The number of aromatic amines is 1. The monoisotopic (exact) mass is 357 g/mol. The van der Waals surface area contributed by atoms with E-state index < -0.39 is 6.10 Å². The van der Waals surface area contributed by atoms with Crippen LogP contribution in [0.25, 0.3) is 21.8 Å². The smallest absolute Gasteiger partial charge is 0.150 e. The summed E-state index contributed by atoms with van der Waals surface area (Å²) in [6.07, 6.45) is 1.20. The van der Waals surface area contributed by atoms with Gasteiger partial charge in [0.1, 0.15) is 18.5 Å². The number of H-pyrrole nitrogens is 1. The number of fused-ring (bicyclic) bond motifs is 3. The molecular formula is C20H27N3O3. The fourth-order valence-electron chi connectivity index (χ4n) is 2.90. The summed E-state index contributed by atoms with van der Waals surface area (Å²) in [5.41, 5.74) is 2.63. The van der Waals surface area contributed by atoms with Crippen LogP contribution in [0.5, 0.6) is 11.5 Å². The third-order valence-corrected chi connectivity index (χ3v) is 4.27. The molecule has 2 heterocycles. The average molecular weight is 357 g/mol. The second kappa shape index (κ2) is 7.13. The lowest BCUT2D eigenvalue weighted by molar-refractivity contribution is 0.100. The van der Waals surface area contributed by atoms with Crippen LogP contribution in [-0.4, -0.2) is 47.0 Å². The number of hydrogen-bond acceptors (Lipinski definition) is 5. The van der Waals surface area contributed by atoms with Gasteiger partial charge in [0.25, 0.3) is 0 Å². The lowest BCUT2D eigenvalue weighted by Gasteiger charge is -2.23. The van der Waals surface area contributed by atoms with Gasteiger partial charge in [0.15, 0.2) is 5.75 Å². The fourth-order valence-corrected chi connectivity index (χ4v) is 2.90. The van der Waals surface area contributed by atoms with Crippen molar-refractivity contribution >= 4 is 21.8 Å². The average Bonchev–Trinajstić information content (AvgIpc) is 2.96. The number of benzene rings is 1. The molecule has 0 saturated heterocycles. The van der Waals surface area contributed by atoms with E-state index in [-0.39, 0.29) is 12.1 Å². The van der Waals surface area contributed by atoms with Gasteiger partial charge in [-0.05, 0) is 45.9 Å². The van der Waals surface area contributed by atoms with Gasteiger partial charge in [-0.1, -0.05) is 0 Å². The summed E-state index contributed by atoms with van der Waals surface area (Å²) >= 11 is 0. The molecule has 0 aliphatic carbocycles. The summed E-state index contributed by atoms with van der Waals surface area (Å²) in [5, 5.41) is 15.5. The van der Waals surface area contributed by atoms with E-state index >= 15 is 0 Å². The molecule has 26 heavy (non-hydrogen) atoms. The van der Waals surface area contributed by atoms with Crippen LogP contribution in [0.1, 0.15) is 26.5 Å². The number of nitrogens with one attached hydrogen (secondary N) is 2. The molecule has 2 aromatic heterocycles. The van der Waals surface area contributed by atoms with Crippen LogP contribution >= 0.6 is 0 Å². The summed E-state index contributed by atoms with van der Waals surface area (Å²) in [5.74, 6) is 1.48. The molecule has 3 rings (SSSR count). The summed E-state index contributed by atoms with van der Waals surface area (Å²) in [6, 6.07) is 5.88. The number of rotatable bonds is 6. The molecule has 1 atom stereocenters. The molecule has 0 bridgehead atoms. The largest absolute Gasteiger partial charge is 0.497 e. The molecule has 0 saturated carbocycles. The highest BCUT2D eigenvalue weighted by Gasteiger charge is 2.17. The third kappa shape index (κ3) is 3.92. The van der Waals surface area contributed by atoms with Crippen molar-refractivity contribution in [1.82, 2.24) is 15.3 Å². The second-order valence-corrected chi connectivity index (χ2v) is 7.59. The van der Waals surface area contributed by atoms with Gasteiger partial charge in [0.05, 0.1) is 29.9 Å². The number of aromatic nitrogens is 2. The van der Waals surface area contributed by atoms with Gasteiger partial charge in [-0.15, -0.1) is 0 Å². The summed E-state index contributed by atoms with van der Waals surface area (Å²) in [7, 11) is 1.65. The number of β-amino-alcohol motifs (C(OH)–C–C–N with tert-alkyl or cyclic N) is 1. The first kappa shape index (κ1) is 18.5. The lowest BCUT2D eigenvalue weighted by Crippen LogP contribution is -2.42. The number of nitrogens with zero attached hydrogens (tertiary/aromatic N) is 1. The van der Waals surface area contributed by atoms with Crippen molar-refractivity contribution in [2.45, 2.75) is 39.3 Å². The predicted octanol–water partition coefficient (Wildman–Crippen LogP) is 3.16. The van der Waals surface area contributed by atoms with Gasteiger partial charge in [-0.25, -0.2) is 0 Å². The van der Waals surface area contributed by atoms with Crippen molar-refractivity contribution < 1.29 is 14.6 Å². The summed E-state index contributed by atoms with van der Waals surface area (Å²) in [4.78, 5) is 7.78. The van der Waals surface area contributed by atoms with Crippen LogP contribution in [-0.2, 0) is 0 Å². The number of aryl methyl sites for hydroxylation is 1. The quantitative estimate of drug-likeness (QED) is 0.631. The van der Waals surface area contributed by atoms with Crippen LogP contribution in [0.2, 0.25) is 0 Å². The number of pyridine rings is 1. The van der Waals surface area contributed by atoms with Gasteiger partial charge < -0.3 is 24.9 Å². The number of aliphatic hydroxyl groups excluding tert-OH is 1. The highest BCUT2D eigenvalue weighted by molar-refractivity contribution is 6.10. The van der Waals surface area contributed by atoms with Crippen LogP contribution in [0.4, 0.5) is 0 Å². The van der Waals surface area contributed by atoms with Crippen molar-refractivity contribution in [3.05, 3.63) is 30.1 Å². The number of aliphatic hydroxyl groups is 1. The molecule has 0 spiro atoms. The molecule has 6 nitrogen and oxygen atoms in total. The highest BCUT2D eigenvalue weighted by Crippen LogP contribution is 2.36. The molecule has 0 amide bonds.